The van der Waals surface area contributed by atoms with Crippen molar-refractivity contribution < 1.29 is 19.1 Å². The van der Waals surface area contributed by atoms with E-state index in [1.807, 2.05) is 32.0 Å². The molecular formula is C27H28N4O4. The summed E-state index contributed by atoms with van der Waals surface area (Å²) < 4.78 is 6.11. The fourth-order valence-corrected chi connectivity index (χ4v) is 3.88. The number of ether oxygens (including phenoxy) is 1. The quantitative estimate of drug-likeness (QED) is 0.479. The molecule has 0 radical (unpaired) electrons. The second-order valence-electron chi connectivity index (χ2n) is 8.45. The third kappa shape index (κ3) is 5.60. The van der Waals surface area contributed by atoms with Crippen molar-refractivity contribution >= 4 is 23.5 Å². The number of carbonyl (C=O) groups is 3. The van der Waals surface area contributed by atoms with Gasteiger partial charge in [0.05, 0.1) is 6.54 Å². The number of rotatable bonds is 7. The molecule has 0 aromatic heterocycles. The number of urea groups is 1. The van der Waals surface area contributed by atoms with Crippen LogP contribution in [0, 0.1) is 13.8 Å². The maximum atomic E-state index is 12.7. The van der Waals surface area contributed by atoms with Crippen molar-refractivity contribution in [2.75, 3.05) is 25.5 Å². The van der Waals surface area contributed by atoms with Gasteiger partial charge in [0.15, 0.2) is 0 Å². The molecule has 180 valence electrons. The minimum Gasteiger partial charge on any atom is -0.457 e. The van der Waals surface area contributed by atoms with Crippen molar-refractivity contribution in [1.29, 1.82) is 0 Å². The summed E-state index contributed by atoms with van der Waals surface area (Å²) >= 11 is 0. The number of carbonyl (C=O) groups excluding carboxylic acids is 3. The first-order valence-corrected chi connectivity index (χ1v) is 11.4. The summed E-state index contributed by atoms with van der Waals surface area (Å²) in [6.07, 6.45) is 0. The van der Waals surface area contributed by atoms with Gasteiger partial charge in [0.2, 0.25) is 0 Å². The molecule has 8 nitrogen and oxygen atoms in total. The zero-order chi connectivity index (χ0) is 24.9. The zero-order valence-electron chi connectivity index (χ0n) is 20.0. The Hall–Kier alpha value is -4.33. The number of nitrogens with one attached hydrogen (secondary N) is 3. The zero-order valence-corrected chi connectivity index (χ0v) is 20.0. The van der Waals surface area contributed by atoms with Crippen molar-refractivity contribution in [2.24, 2.45) is 0 Å². The van der Waals surface area contributed by atoms with Crippen LogP contribution >= 0.6 is 0 Å². The molecule has 1 aliphatic rings. The smallest absolute Gasteiger partial charge is 0.317 e. The van der Waals surface area contributed by atoms with Crippen LogP contribution in [0.15, 0.2) is 60.7 Å². The maximum absolute atomic E-state index is 12.7. The highest BCUT2D eigenvalue weighted by atomic mass is 16.5. The van der Waals surface area contributed by atoms with Gasteiger partial charge in [-0.1, -0.05) is 23.8 Å². The summed E-state index contributed by atoms with van der Waals surface area (Å²) in [4.78, 5) is 38.6. The number of hydrogen-bond donors (Lipinski definition) is 3. The molecule has 0 bridgehead atoms. The van der Waals surface area contributed by atoms with E-state index in [1.54, 1.807) is 54.4 Å². The molecule has 0 unspecified atom stereocenters. The first-order valence-electron chi connectivity index (χ1n) is 11.4. The Morgan fingerprint density at radius 2 is 1.71 bits per heavy atom. The number of hydrogen-bond acceptors (Lipinski definition) is 4. The Bertz CT molecular complexity index is 1270. The van der Waals surface area contributed by atoms with Crippen LogP contribution in [0.3, 0.4) is 0 Å². The third-order valence-corrected chi connectivity index (χ3v) is 5.84. The highest BCUT2D eigenvalue weighted by Gasteiger charge is 2.22. The fourth-order valence-electron chi connectivity index (χ4n) is 3.88. The lowest BCUT2D eigenvalue weighted by molar-refractivity contribution is 0.0961. The van der Waals surface area contributed by atoms with Gasteiger partial charge >= 0.3 is 6.03 Å². The normalized spacial score (nSPS) is 12.8. The van der Waals surface area contributed by atoms with Gasteiger partial charge in [0.1, 0.15) is 11.5 Å². The highest BCUT2D eigenvalue weighted by molar-refractivity contribution is 6.04. The van der Waals surface area contributed by atoms with Gasteiger partial charge in [-0.05, 0) is 61.9 Å². The molecule has 35 heavy (non-hydrogen) atoms. The van der Waals surface area contributed by atoms with Crippen LogP contribution in [-0.4, -0.2) is 42.9 Å². The van der Waals surface area contributed by atoms with E-state index < -0.39 is 0 Å². The second kappa shape index (κ2) is 10.3. The summed E-state index contributed by atoms with van der Waals surface area (Å²) in [5.41, 5.74) is 4.60. The van der Waals surface area contributed by atoms with E-state index in [4.69, 9.17) is 4.74 Å². The molecule has 8 heteroatoms. The fraction of sp³-hybridized carbons (Fsp3) is 0.222. The summed E-state index contributed by atoms with van der Waals surface area (Å²) in [7, 11) is 1.56. The van der Waals surface area contributed by atoms with Crippen LogP contribution in [-0.2, 0) is 6.54 Å². The summed E-state index contributed by atoms with van der Waals surface area (Å²) in [6, 6.07) is 17.7. The molecule has 3 N–H and O–H groups in total. The van der Waals surface area contributed by atoms with Gasteiger partial charge in [0.25, 0.3) is 11.8 Å². The molecule has 3 aromatic carbocycles. The van der Waals surface area contributed by atoms with Gasteiger partial charge < -0.3 is 25.6 Å². The van der Waals surface area contributed by atoms with E-state index in [-0.39, 0.29) is 17.8 Å². The molecule has 1 fully saturated rings. The van der Waals surface area contributed by atoms with Crippen LogP contribution in [0.4, 0.5) is 10.5 Å². The van der Waals surface area contributed by atoms with Gasteiger partial charge in [-0.15, -0.1) is 0 Å². The Labute approximate surface area is 204 Å². The minimum atomic E-state index is -0.237. The molecule has 0 saturated carbocycles. The standard InChI is InChI=1S/C27H28N4O4/c1-17-4-11-23(18(2)14-17)30-26(33)19-7-9-22(10-8-19)35-24-15-20(25(32)28-3)5-6-21(24)16-31-13-12-29-27(31)34/h4-11,14-15H,12-13,16H2,1-3H3,(H,28,32)(H,29,34)(H,30,33). The highest BCUT2D eigenvalue weighted by Crippen LogP contribution is 2.29. The van der Waals surface area contributed by atoms with Gasteiger partial charge in [-0.2, -0.15) is 0 Å². The molecule has 1 aliphatic heterocycles. The average molecular weight is 473 g/mol. The first kappa shape index (κ1) is 23.8. The SMILES string of the molecule is CNC(=O)c1ccc(CN2CCNC2=O)c(Oc2ccc(C(=O)Nc3ccc(C)cc3C)cc2)c1. The molecule has 3 aromatic rings. The average Bonchev–Trinajstić information content (AvgIpc) is 3.26. The van der Waals surface area contributed by atoms with Crippen molar-refractivity contribution in [3.8, 4) is 11.5 Å². The van der Waals surface area contributed by atoms with Crippen molar-refractivity contribution in [2.45, 2.75) is 20.4 Å². The third-order valence-electron chi connectivity index (χ3n) is 5.84. The Morgan fingerprint density at radius 3 is 2.37 bits per heavy atom. The van der Waals surface area contributed by atoms with Crippen LogP contribution in [0.1, 0.15) is 37.4 Å². The van der Waals surface area contributed by atoms with E-state index >= 15 is 0 Å². The lowest BCUT2D eigenvalue weighted by atomic mass is 10.1. The molecule has 4 rings (SSSR count). The van der Waals surface area contributed by atoms with E-state index in [0.717, 1.165) is 22.4 Å². The van der Waals surface area contributed by atoms with Crippen LogP contribution in [0.5, 0.6) is 11.5 Å². The number of nitrogens with zero attached hydrogens (tertiary/aromatic N) is 1. The monoisotopic (exact) mass is 472 g/mol. The van der Waals surface area contributed by atoms with Crippen molar-refractivity contribution in [3.63, 3.8) is 0 Å². The lowest BCUT2D eigenvalue weighted by Crippen LogP contribution is -2.27. The largest absolute Gasteiger partial charge is 0.457 e. The predicted molar refractivity (Wildman–Crippen MR) is 134 cm³/mol. The molecule has 4 amide bonds. The van der Waals surface area contributed by atoms with Crippen molar-refractivity contribution in [3.05, 3.63) is 88.5 Å². The van der Waals surface area contributed by atoms with Gasteiger partial charge in [-0.3, -0.25) is 9.59 Å². The number of aryl methyl sites for hydroxylation is 2. The van der Waals surface area contributed by atoms with Crippen LogP contribution in [0.2, 0.25) is 0 Å². The molecule has 0 atom stereocenters. The molecule has 0 aliphatic carbocycles. The Morgan fingerprint density at radius 1 is 0.971 bits per heavy atom. The minimum absolute atomic E-state index is 0.134. The summed E-state index contributed by atoms with van der Waals surface area (Å²) in [5.74, 6) is 0.525. The van der Waals surface area contributed by atoms with Crippen LogP contribution in [0.25, 0.3) is 0 Å². The molecule has 0 spiro atoms. The lowest BCUT2D eigenvalue weighted by Gasteiger charge is -2.18. The molecule has 1 heterocycles. The second-order valence-corrected chi connectivity index (χ2v) is 8.45. The number of amides is 4. The number of anilines is 1. The maximum Gasteiger partial charge on any atom is 0.317 e. The summed E-state index contributed by atoms with van der Waals surface area (Å²) in [5, 5.41) is 8.32. The summed E-state index contributed by atoms with van der Waals surface area (Å²) in [6.45, 7) is 5.51. The van der Waals surface area contributed by atoms with E-state index in [2.05, 4.69) is 16.0 Å². The van der Waals surface area contributed by atoms with Gasteiger partial charge in [-0.25, -0.2) is 4.79 Å². The van der Waals surface area contributed by atoms with E-state index in [9.17, 15) is 14.4 Å². The van der Waals surface area contributed by atoms with Gasteiger partial charge in [0, 0.05) is 42.5 Å². The first-order chi connectivity index (χ1) is 16.8. The van der Waals surface area contributed by atoms with E-state index in [1.165, 1.54) is 0 Å². The molecule has 1 saturated heterocycles. The van der Waals surface area contributed by atoms with E-state index in [0.29, 0.717) is 42.3 Å². The molecular weight excluding hydrogens is 444 g/mol. The Kier molecular flexibility index (Phi) is 7.01. The number of benzene rings is 3. The predicted octanol–water partition coefficient (Wildman–Crippen LogP) is 4.23. The topological polar surface area (TPSA) is 99.8 Å². The van der Waals surface area contributed by atoms with Crippen LogP contribution < -0.4 is 20.7 Å². The van der Waals surface area contributed by atoms with Crippen molar-refractivity contribution in [1.82, 2.24) is 15.5 Å². The Balaban J connectivity index is 1.52.